The Labute approximate surface area is 194 Å². The van der Waals surface area contributed by atoms with E-state index < -0.39 is 0 Å². The molecule has 0 N–H and O–H groups in total. The van der Waals surface area contributed by atoms with E-state index in [1.165, 1.54) is 0 Å². The van der Waals surface area contributed by atoms with E-state index in [1.807, 2.05) is 60.4 Å². The standard InChI is InChI=1S/C26H30N4O3/c1-19-5-2-3-7-23(19)25-27-24(33-28-25)17-20-6-4-12-30(18-20)26(31)21-8-10-22(11-9-21)29-13-15-32-16-14-29/h2-3,5,7-11,20H,4,6,12-18H2,1H3/t20-/m0/s1. The zero-order valence-electron chi connectivity index (χ0n) is 19.1. The van der Waals surface area contributed by atoms with Gasteiger partial charge in [-0.3, -0.25) is 4.79 Å². The number of anilines is 1. The number of nitrogens with zero attached hydrogens (tertiary/aromatic N) is 4. The minimum Gasteiger partial charge on any atom is -0.378 e. The first kappa shape index (κ1) is 21.6. The number of aromatic nitrogens is 2. The molecule has 33 heavy (non-hydrogen) atoms. The van der Waals surface area contributed by atoms with Crippen LogP contribution in [0.1, 0.15) is 34.7 Å². The Morgan fingerprint density at radius 2 is 1.85 bits per heavy atom. The fraction of sp³-hybridized carbons (Fsp3) is 0.423. The van der Waals surface area contributed by atoms with E-state index in [2.05, 4.69) is 15.0 Å². The number of morpholine rings is 1. The van der Waals surface area contributed by atoms with Gasteiger partial charge in [0.15, 0.2) is 0 Å². The molecule has 1 aromatic heterocycles. The first-order valence-electron chi connectivity index (χ1n) is 11.8. The number of rotatable bonds is 5. The van der Waals surface area contributed by atoms with E-state index >= 15 is 0 Å². The lowest BCUT2D eigenvalue weighted by Crippen LogP contribution is -2.40. The number of hydrogen-bond donors (Lipinski definition) is 0. The number of benzene rings is 2. The maximum absolute atomic E-state index is 13.2. The van der Waals surface area contributed by atoms with Gasteiger partial charge in [0.05, 0.1) is 13.2 Å². The lowest BCUT2D eigenvalue weighted by molar-refractivity contribution is 0.0668. The van der Waals surface area contributed by atoms with Crippen LogP contribution in [0.4, 0.5) is 5.69 Å². The van der Waals surface area contributed by atoms with Crippen LogP contribution >= 0.6 is 0 Å². The van der Waals surface area contributed by atoms with E-state index in [-0.39, 0.29) is 5.91 Å². The molecule has 2 fully saturated rings. The summed E-state index contributed by atoms with van der Waals surface area (Å²) in [7, 11) is 0. The average Bonchev–Trinajstić information content (AvgIpc) is 3.33. The highest BCUT2D eigenvalue weighted by Gasteiger charge is 2.26. The van der Waals surface area contributed by atoms with Gasteiger partial charge < -0.3 is 19.1 Å². The van der Waals surface area contributed by atoms with Crippen LogP contribution in [0.15, 0.2) is 53.1 Å². The van der Waals surface area contributed by atoms with E-state index in [1.54, 1.807) is 0 Å². The monoisotopic (exact) mass is 446 g/mol. The highest BCUT2D eigenvalue weighted by Crippen LogP contribution is 2.25. The molecule has 0 aliphatic carbocycles. The SMILES string of the molecule is Cc1ccccc1-c1noc(C[C@@H]2CCCN(C(=O)c3ccc(N4CCOCC4)cc3)C2)n1. The fourth-order valence-electron chi connectivity index (χ4n) is 4.75. The van der Waals surface area contributed by atoms with Crippen LogP contribution in [-0.4, -0.2) is 60.3 Å². The lowest BCUT2D eigenvalue weighted by atomic mass is 9.94. The van der Waals surface area contributed by atoms with Crippen LogP contribution in [0, 0.1) is 12.8 Å². The summed E-state index contributed by atoms with van der Waals surface area (Å²) in [4.78, 5) is 22.0. The molecule has 0 radical (unpaired) electrons. The van der Waals surface area contributed by atoms with Gasteiger partial charge in [0.2, 0.25) is 11.7 Å². The molecule has 2 aromatic carbocycles. The summed E-state index contributed by atoms with van der Waals surface area (Å²) in [6, 6.07) is 16.0. The van der Waals surface area contributed by atoms with Gasteiger partial charge in [-0.1, -0.05) is 29.4 Å². The second kappa shape index (κ2) is 9.75. The van der Waals surface area contributed by atoms with Crippen molar-refractivity contribution in [3.05, 3.63) is 65.5 Å². The average molecular weight is 447 g/mol. The highest BCUT2D eigenvalue weighted by atomic mass is 16.5. The largest absolute Gasteiger partial charge is 0.378 e. The molecule has 7 heteroatoms. The van der Waals surface area contributed by atoms with E-state index in [9.17, 15) is 4.79 Å². The van der Waals surface area contributed by atoms with Crippen molar-refractivity contribution in [1.29, 1.82) is 0 Å². The quantitative estimate of drug-likeness (QED) is 0.590. The third-order valence-corrected chi connectivity index (χ3v) is 6.61. The number of hydrogen-bond acceptors (Lipinski definition) is 6. The summed E-state index contributed by atoms with van der Waals surface area (Å²) in [5.41, 5.74) is 4.01. The number of carbonyl (C=O) groups excluding carboxylic acids is 1. The van der Waals surface area contributed by atoms with Crippen molar-refractivity contribution < 1.29 is 14.1 Å². The Kier molecular flexibility index (Phi) is 6.39. The summed E-state index contributed by atoms with van der Waals surface area (Å²) in [6.45, 7) is 6.84. The molecule has 1 atom stereocenters. The molecular weight excluding hydrogens is 416 g/mol. The summed E-state index contributed by atoms with van der Waals surface area (Å²) in [6.07, 6.45) is 2.74. The number of carbonyl (C=O) groups is 1. The van der Waals surface area contributed by atoms with Crippen molar-refractivity contribution in [2.75, 3.05) is 44.3 Å². The molecule has 0 saturated carbocycles. The van der Waals surface area contributed by atoms with Gasteiger partial charge in [-0.05, 0) is 55.5 Å². The number of piperidine rings is 1. The summed E-state index contributed by atoms with van der Waals surface area (Å²) >= 11 is 0. The van der Waals surface area contributed by atoms with Crippen molar-refractivity contribution in [2.45, 2.75) is 26.2 Å². The van der Waals surface area contributed by atoms with Crippen molar-refractivity contribution >= 4 is 11.6 Å². The Bertz CT molecular complexity index is 1090. The van der Waals surface area contributed by atoms with Gasteiger partial charge in [-0.15, -0.1) is 0 Å². The Morgan fingerprint density at radius 1 is 1.06 bits per heavy atom. The van der Waals surface area contributed by atoms with Gasteiger partial charge in [-0.2, -0.15) is 4.98 Å². The van der Waals surface area contributed by atoms with Crippen LogP contribution in [0.5, 0.6) is 0 Å². The molecule has 7 nitrogen and oxygen atoms in total. The van der Waals surface area contributed by atoms with Crippen LogP contribution in [0.3, 0.4) is 0 Å². The van der Waals surface area contributed by atoms with Gasteiger partial charge in [-0.25, -0.2) is 0 Å². The molecule has 2 aliphatic rings. The minimum atomic E-state index is 0.0966. The van der Waals surface area contributed by atoms with Crippen LogP contribution in [-0.2, 0) is 11.2 Å². The minimum absolute atomic E-state index is 0.0966. The van der Waals surface area contributed by atoms with Crippen molar-refractivity contribution in [1.82, 2.24) is 15.0 Å². The zero-order chi connectivity index (χ0) is 22.6. The predicted octanol–water partition coefficient (Wildman–Crippen LogP) is 3.98. The molecule has 1 amide bonds. The van der Waals surface area contributed by atoms with Gasteiger partial charge >= 0.3 is 0 Å². The first-order chi connectivity index (χ1) is 16.2. The second-order valence-corrected chi connectivity index (χ2v) is 8.94. The molecule has 0 bridgehead atoms. The van der Waals surface area contributed by atoms with Gasteiger partial charge in [0, 0.05) is 49.4 Å². The normalized spacial score (nSPS) is 19.0. The van der Waals surface area contributed by atoms with Crippen LogP contribution in [0.2, 0.25) is 0 Å². The third-order valence-electron chi connectivity index (χ3n) is 6.61. The predicted molar refractivity (Wildman–Crippen MR) is 126 cm³/mol. The fourth-order valence-corrected chi connectivity index (χ4v) is 4.75. The van der Waals surface area contributed by atoms with Crippen LogP contribution in [0.25, 0.3) is 11.4 Å². The molecule has 0 spiro atoms. The molecule has 5 rings (SSSR count). The number of amides is 1. The molecule has 2 aliphatic heterocycles. The molecular formula is C26H30N4O3. The lowest BCUT2D eigenvalue weighted by Gasteiger charge is -2.32. The first-order valence-corrected chi connectivity index (χ1v) is 11.8. The Hall–Kier alpha value is -3.19. The topological polar surface area (TPSA) is 71.7 Å². The molecule has 3 heterocycles. The zero-order valence-corrected chi connectivity index (χ0v) is 19.1. The third kappa shape index (κ3) is 4.93. The molecule has 172 valence electrons. The summed E-state index contributed by atoms with van der Waals surface area (Å²) < 4.78 is 11.0. The Balaban J connectivity index is 1.21. The molecule has 0 unspecified atom stereocenters. The Morgan fingerprint density at radius 3 is 2.64 bits per heavy atom. The molecule has 3 aromatic rings. The highest BCUT2D eigenvalue weighted by molar-refractivity contribution is 5.94. The summed E-state index contributed by atoms with van der Waals surface area (Å²) in [5, 5.41) is 4.18. The van der Waals surface area contributed by atoms with Crippen molar-refractivity contribution in [3.63, 3.8) is 0 Å². The maximum Gasteiger partial charge on any atom is 0.253 e. The number of aryl methyl sites for hydroxylation is 1. The van der Waals surface area contributed by atoms with Crippen molar-refractivity contribution in [2.24, 2.45) is 5.92 Å². The summed E-state index contributed by atoms with van der Waals surface area (Å²) in [5.74, 6) is 1.69. The van der Waals surface area contributed by atoms with Crippen LogP contribution < -0.4 is 4.90 Å². The van der Waals surface area contributed by atoms with E-state index in [0.717, 1.165) is 68.1 Å². The van der Waals surface area contributed by atoms with E-state index in [4.69, 9.17) is 9.26 Å². The molecule has 2 saturated heterocycles. The second-order valence-electron chi connectivity index (χ2n) is 8.94. The van der Waals surface area contributed by atoms with E-state index in [0.29, 0.717) is 30.6 Å². The van der Waals surface area contributed by atoms with Gasteiger partial charge in [0.25, 0.3) is 5.91 Å². The number of likely N-dealkylation sites (tertiary alicyclic amines) is 1. The van der Waals surface area contributed by atoms with Gasteiger partial charge in [0.1, 0.15) is 0 Å². The maximum atomic E-state index is 13.2. The van der Waals surface area contributed by atoms with Crippen molar-refractivity contribution in [3.8, 4) is 11.4 Å². The smallest absolute Gasteiger partial charge is 0.253 e. The number of ether oxygens (including phenoxy) is 1.